The summed E-state index contributed by atoms with van der Waals surface area (Å²) in [4.78, 5) is 11.0. The molecular weight excluding hydrogens is 265 g/mol. The lowest BCUT2D eigenvalue weighted by atomic mass is 10.1. The summed E-state index contributed by atoms with van der Waals surface area (Å²) < 4.78 is 25.7. The second-order valence-electron chi connectivity index (χ2n) is 2.28. The molecule has 0 spiro atoms. The van der Waals surface area contributed by atoms with Crippen LogP contribution >= 0.6 is 27.5 Å². The van der Waals surface area contributed by atoms with Crippen LogP contribution in [-0.2, 0) is 0 Å². The first-order valence-corrected chi connectivity index (χ1v) is 4.80. The van der Waals surface area contributed by atoms with Crippen molar-refractivity contribution in [3.05, 3.63) is 34.4 Å². The van der Waals surface area contributed by atoms with E-state index in [1.165, 1.54) is 0 Å². The van der Waals surface area contributed by atoms with Gasteiger partial charge in [-0.3, -0.25) is 4.79 Å². The quantitative estimate of drug-likeness (QED) is 0.458. The first-order valence-electron chi connectivity index (χ1n) is 3.30. The molecule has 0 unspecified atom stereocenters. The molecule has 0 bridgehead atoms. The van der Waals surface area contributed by atoms with E-state index in [2.05, 4.69) is 15.9 Å². The number of hydrogen-bond donors (Lipinski definition) is 0. The van der Waals surface area contributed by atoms with Gasteiger partial charge in [-0.05, 0) is 12.1 Å². The topological polar surface area (TPSA) is 17.1 Å². The molecule has 0 saturated heterocycles. The predicted molar refractivity (Wildman–Crippen MR) is 49.5 cm³/mol. The Bertz CT molecular complexity index is 354. The summed E-state index contributed by atoms with van der Waals surface area (Å²) in [6.45, 7) is 0. The van der Waals surface area contributed by atoms with Crippen molar-refractivity contribution in [2.75, 3.05) is 5.33 Å². The number of alkyl halides is 1. The summed E-state index contributed by atoms with van der Waals surface area (Å²) in [5.41, 5.74) is -0.205. The third-order valence-electron chi connectivity index (χ3n) is 1.46. The van der Waals surface area contributed by atoms with Crippen molar-refractivity contribution < 1.29 is 13.6 Å². The lowest BCUT2D eigenvalue weighted by Gasteiger charge is -2.01. The molecule has 5 heteroatoms. The minimum Gasteiger partial charge on any atom is -0.293 e. The van der Waals surface area contributed by atoms with Crippen molar-refractivity contribution in [1.82, 2.24) is 0 Å². The van der Waals surface area contributed by atoms with E-state index >= 15 is 0 Å². The van der Waals surface area contributed by atoms with Gasteiger partial charge in [0.15, 0.2) is 11.6 Å². The molecule has 0 radical (unpaired) electrons. The zero-order valence-electron chi connectivity index (χ0n) is 6.28. The van der Waals surface area contributed by atoms with Crippen LogP contribution in [0.5, 0.6) is 0 Å². The van der Waals surface area contributed by atoms with Gasteiger partial charge in [-0.1, -0.05) is 27.5 Å². The van der Waals surface area contributed by atoms with Gasteiger partial charge in [-0.2, -0.15) is 0 Å². The second-order valence-corrected chi connectivity index (χ2v) is 3.22. The van der Waals surface area contributed by atoms with Crippen molar-refractivity contribution in [1.29, 1.82) is 0 Å². The van der Waals surface area contributed by atoms with Gasteiger partial charge in [0.2, 0.25) is 0 Å². The lowest BCUT2D eigenvalue weighted by molar-refractivity contribution is 0.102. The summed E-state index contributed by atoms with van der Waals surface area (Å²) in [7, 11) is 0. The van der Waals surface area contributed by atoms with Crippen LogP contribution in [0.25, 0.3) is 0 Å². The van der Waals surface area contributed by atoms with Gasteiger partial charge in [0.25, 0.3) is 0 Å². The molecule has 70 valence electrons. The largest absolute Gasteiger partial charge is 0.293 e. The Morgan fingerprint density at radius 2 is 2.08 bits per heavy atom. The Morgan fingerprint density at radius 3 is 2.62 bits per heavy atom. The molecule has 0 N–H and O–H groups in total. The first-order chi connectivity index (χ1) is 6.07. The van der Waals surface area contributed by atoms with Gasteiger partial charge in [0, 0.05) is 0 Å². The molecule has 0 aromatic heterocycles. The van der Waals surface area contributed by atoms with Crippen LogP contribution < -0.4 is 0 Å². The Hall–Kier alpha value is -0.480. The summed E-state index contributed by atoms with van der Waals surface area (Å²) in [5, 5.41) is -0.668. The molecule has 0 heterocycles. The average Bonchev–Trinajstić information content (AvgIpc) is 2.13. The number of carbonyl (C=O) groups is 1. The molecule has 1 rings (SSSR count). The fourth-order valence-corrected chi connectivity index (χ4v) is 1.28. The van der Waals surface area contributed by atoms with E-state index in [-0.39, 0.29) is 10.9 Å². The standard InChI is InChI=1S/C8H4BrClF2O/c9-3-6(13)4-1-2-5(11)7(10)8(4)12/h1-2H,3H2. The second kappa shape index (κ2) is 4.15. The van der Waals surface area contributed by atoms with Crippen LogP contribution in [0.15, 0.2) is 12.1 Å². The van der Waals surface area contributed by atoms with Gasteiger partial charge < -0.3 is 0 Å². The van der Waals surface area contributed by atoms with E-state index in [0.717, 1.165) is 12.1 Å². The molecule has 0 fully saturated rings. The fourth-order valence-electron chi connectivity index (χ4n) is 0.813. The molecule has 1 aromatic carbocycles. The SMILES string of the molecule is O=C(CBr)c1ccc(F)c(Cl)c1F. The fraction of sp³-hybridized carbons (Fsp3) is 0.125. The van der Waals surface area contributed by atoms with E-state index in [0.29, 0.717) is 0 Å². The number of benzene rings is 1. The van der Waals surface area contributed by atoms with Crippen LogP contribution in [-0.4, -0.2) is 11.1 Å². The van der Waals surface area contributed by atoms with Gasteiger partial charge >= 0.3 is 0 Å². The highest BCUT2D eigenvalue weighted by atomic mass is 79.9. The maximum atomic E-state index is 13.1. The maximum Gasteiger partial charge on any atom is 0.176 e. The van der Waals surface area contributed by atoms with E-state index in [1.807, 2.05) is 0 Å². The van der Waals surface area contributed by atoms with Crippen LogP contribution in [0.1, 0.15) is 10.4 Å². The minimum atomic E-state index is -1.01. The Kier molecular flexibility index (Phi) is 3.39. The molecule has 0 amide bonds. The molecule has 1 aromatic rings. The summed E-state index contributed by atoms with van der Waals surface area (Å²) in [6.07, 6.45) is 0. The highest BCUT2D eigenvalue weighted by Gasteiger charge is 2.15. The molecule has 0 aliphatic heterocycles. The van der Waals surface area contributed by atoms with Crippen LogP contribution in [0.2, 0.25) is 5.02 Å². The number of carbonyl (C=O) groups excluding carboxylic acids is 1. The van der Waals surface area contributed by atoms with Gasteiger partial charge in [-0.15, -0.1) is 0 Å². The molecule has 0 aliphatic carbocycles. The number of Topliss-reactive ketones (excluding diaryl/α,β-unsaturated/α-hetero) is 1. The molecule has 0 saturated carbocycles. The smallest absolute Gasteiger partial charge is 0.176 e. The molecule has 13 heavy (non-hydrogen) atoms. The zero-order valence-corrected chi connectivity index (χ0v) is 8.62. The van der Waals surface area contributed by atoms with Crippen molar-refractivity contribution in [2.24, 2.45) is 0 Å². The first kappa shape index (κ1) is 10.6. The van der Waals surface area contributed by atoms with E-state index in [4.69, 9.17) is 11.6 Å². The van der Waals surface area contributed by atoms with E-state index in [9.17, 15) is 13.6 Å². The van der Waals surface area contributed by atoms with Crippen LogP contribution in [0.3, 0.4) is 0 Å². The minimum absolute atomic E-state index is 0.0219. The highest BCUT2D eigenvalue weighted by Crippen LogP contribution is 2.22. The monoisotopic (exact) mass is 268 g/mol. The van der Waals surface area contributed by atoms with Crippen molar-refractivity contribution in [3.8, 4) is 0 Å². The molecule has 1 nitrogen and oxygen atoms in total. The van der Waals surface area contributed by atoms with Crippen LogP contribution in [0, 0.1) is 11.6 Å². The normalized spacial score (nSPS) is 10.2. The zero-order chi connectivity index (χ0) is 10.0. The van der Waals surface area contributed by atoms with Gasteiger partial charge in [0.1, 0.15) is 10.8 Å². The molecular formula is C8H4BrClF2O. The van der Waals surface area contributed by atoms with Crippen LogP contribution in [0.4, 0.5) is 8.78 Å². The number of halogens is 4. The van der Waals surface area contributed by atoms with Gasteiger partial charge in [-0.25, -0.2) is 8.78 Å². The molecule has 0 aliphatic rings. The summed E-state index contributed by atoms with van der Waals surface area (Å²) in [6, 6.07) is 2.03. The van der Waals surface area contributed by atoms with Crippen molar-refractivity contribution >= 4 is 33.3 Å². The third kappa shape index (κ3) is 2.06. The maximum absolute atomic E-state index is 13.1. The highest BCUT2D eigenvalue weighted by molar-refractivity contribution is 9.09. The Morgan fingerprint density at radius 1 is 1.46 bits per heavy atom. The Labute approximate surface area is 86.8 Å². The predicted octanol–water partition coefficient (Wildman–Crippen LogP) is 3.20. The Balaban J connectivity index is 3.26. The summed E-state index contributed by atoms with van der Waals surface area (Å²) >= 11 is 8.14. The molecule has 0 atom stereocenters. The number of rotatable bonds is 2. The van der Waals surface area contributed by atoms with Gasteiger partial charge in [0.05, 0.1) is 10.9 Å². The lowest BCUT2D eigenvalue weighted by Crippen LogP contribution is -2.04. The summed E-state index contributed by atoms with van der Waals surface area (Å²) in [5.74, 6) is -2.35. The number of ketones is 1. The van der Waals surface area contributed by atoms with Crippen molar-refractivity contribution in [2.45, 2.75) is 0 Å². The third-order valence-corrected chi connectivity index (χ3v) is 2.31. The number of hydrogen-bond acceptors (Lipinski definition) is 1. The van der Waals surface area contributed by atoms with E-state index < -0.39 is 22.4 Å². The average molecular weight is 269 g/mol. The van der Waals surface area contributed by atoms with E-state index in [1.54, 1.807) is 0 Å². The van der Waals surface area contributed by atoms with Crippen molar-refractivity contribution in [3.63, 3.8) is 0 Å².